The Kier molecular flexibility index (Phi) is 5.53. The van der Waals surface area contributed by atoms with Gasteiger partial charge in [0, 0.05) is 5.56 Å². The lowest BCUT2D eigenvalue weighted by Gasteiger charge is -2.17. The van der Waals surface area contributed by atoms with E-state index in [-0.39, 0.29) is 6.04 Å². The predicted molar refractivity (Wildman–Crippen MR) is 93.0 cm³/mol. The van der Waals surface area contributed by atoms with E-state index >= 15 is 0 Å². The maximum Gasteiger partial charge on any atom is 0.133 e. The molecule has 3 nitrogen and oxygen atoms in total. The molecule has 1 atom stereocenters. The van der Waals surface area contributed by atoms with Gasteiger partial charge in [-0.3, -0.25) is 0 Å². The molecule has 1 heterocycles. The van der Waals surface area contributed by atoms with Crippen LogP contribution in [-0.2, 0) is 0 Å². The van der Waals surface area contributed by atoms with Gasteiger partial charge in [0.15, 0.2) is 0 Å². The van der Waals surface area contributed by atoms with Crippen LogP contribution in [0.15, 0.2) is 30.2 Å². The van der Waals surface area contributed by atoms with Crippen molar-refractivity contribution in [3.8, 4) is 11.5 Å². The van der Waals surface area contributed by atoms with Gasteiger partial charge in [-0.05, 0) is 71.6 Å². The van der Waals surface area contributed by atoms with Gasteiger partial charge < -0.3 is 15.2 Å². The zero-order valence-electron chi connectivity index (χ0n) is 10.7. The summed E-state index contributed by atoms with van der Waals surface area (Å²) in [7, 11) is 3.25. The predicted octanol–water partition coefficient (Wildman–Crippen LogP) is 5.10. The van der Waals surface area contributed by atoms with E-state index < -0.39 is 0 Å². The highest BCUT2D eigenvalue weighted by Crippen LogP contribution is 2.41. The van der Waals surface area contributed by atoms with Crippen LogP contribution in [0.5, 0.6) is 11.5 Å². The molecule has 0 aliphatic rings. The van der Waals surface area contributed by atoms with E-state index in [1.807, 2.05) is 18.2 Å². The van der Waals surface area contributed by atoms with Gasteiger partial charge in [0.25, 0.3) is 0 Å². The third-order valence-corrected chi connectivity index (χ3v) is 5.86. The van der Waals surface area contributed by atoms with Gasteiger partial charge in [-0.2, -0.15) is 0 Å². The monoisotopic (exact) mass is 483 g/mol. The van der Waals surface area contributed by atoms with Gasteiger partial charge >= 0.3 is 0 Å². The molecule has 2 N–H and O–H groups in total. The fourth-order valence-electron chi connectivity index (χ4n) is 1.86. The van der Waals surface area contributed by atoms with E-state index in [0.717, 1.165) is 34.7 Å². The molecule has 0 radical (unpaired) electrons. The van der Waals surface area contributed by atoms with Crippen LogP contribution < -0.4 is 15.2 Å². The lowest BCUT2D eigenvalue weighted by Crippen LogP contribution is -2.13. The van der Waals surface area contributed by atoms with Crippen LogP contribution in [0.25, 0.3) is 0 Å². The number of rotatable bonds is 4. The minimum absolute atomic E-state index is 0.302. The summed E-state index contributed by atoms with van der Waals surface area (Å²) in [4.78, 5) is 0. The number of thiophene rings is 1. The van der Waals surface area contributed by atoms with Crippen molar-refractivity contribution in [2.24, 2.45) is 5.73 Å². The maximum atomic E-state index is 6.39. The Bertz CT molecular complexity index is 630. The zero-order valence-corrected chi connectivity index (χ0v) is 16.3. The summed E-state index contributed by atoms with van der Waals surface area (Å²) in [6, 6.07) is 5.46. The molecule has 0 saturated carbocycles. The first-order valence-electron chi connectivity index (χ1n) is 5.59. The molecule has 2 rings (SSSR count). The van der Waals surface area contributed by atoms with Crippen LogP contribution in [0.3, 0.4) is 0 Å². The lowest BCUT2D eigenvalue weighted by atomic mass is 10.0. The van der Waals surface area contributed by atoms with Gasteiger partial charge in [-0.25, -0.2) is 0 Å². The van der Waals surface area contributed by atoms with Crippen molar-refractivity contribution >= 4 is 59.1 Å². The Morgan fingerprint density at radius 1 is 1.00 bits per heavy atom. The van der Waals surface area contributed by atoms with E-state index in [0.29, 0.717) is 0 Å². The molecule has 2 aromatic rings. The number of halogens is 3. The van der Waals surface area contributed by atoms with E-state index in [1.54, 1.807) is 25.6 Å². The zero-order chi connectivity index (χ0) is 14.9. The first-order valence-corrected chi connectivity index (χ1v) is 8.79. The highest BCUT2D eigenvalue weighted by molar-refractivity contribution is 9.12. The number of hydrogen-bond acceptors (Lipinski definition) is 4. The molecule has 108 valence electrons. The maximum absolute atomic E-state index is 6.39. The normalized spacial score (nSPS) is 12.3. The van der Waals surface area contributed by atoms with E-state index in [4.69, 9.17) is 15.2 Å². The standard InChI is InChI=1S/C13H12Br3NO2S/c1-18-9-5-8(14)10(19-2)3-6(9)12(17)7-4-11(15)20-13(7)16/h3-5,12H,17H2,1-2H3. The van der Waals surface area contributed by atoms with E-state index in [9.17, 15) is 0 Å². The third-order valence-electron chi connectivity index (χ3n) is 2.86. The summed E-state index contributed by atoms with van der Waals surface area (Å²) in [6.45, 7) is 0. The Morgan fingerprint density at radius 2 is 1.65 bits per heavy atom. The molecule has 0 amide bonds. The minimum Gasteiger partial charge on any atom is -0.496 e. The average Bonchev–Trinajstić information content (AvgIpc) is 2.76. The number of nitrogens with two attached hydrogens (primary N) is 1. The van der Waals surface area contributed by atoms with Gasteiger partial charge in [0.05, 0.1) is 32.3 Å². The Hall–Kier alpha value is -0.0800. The largest absolute Gasteiger partial charge is 0.496 e. The molecule has 0 bridgehead atoms. The molecule has 1 aromatic heterocycles. The summed E-state index contributed by atoms with van der Waals surface area (Å²) >= 11 is 12.0. The van der Waals surface area contributed by atoms with Crippen LogP contribution in [-0.4, -0.2) is 14.2 Å². The average molecular weight is 486 g/mol. The molecular formula is C13H12Br3NO2S. The molecule has 7 heteroatoms. The molecular weight excluding hydrogens is 474 g/mol. The molecule has 20 heavy (non-hydrogen) atoms. The topological polar surface area (TPSA) is 44.5 Å². The molecule has 0 spiro atoms. The Morgan fingerprint density at radius 3 is 2.15 bits per heavy atom. The fourth-order valence-corrected chi connectivity index (χ4v) is 5.27. The molecule has 0 fully saturated rings. The summed E-state index contributed by atoms with van der Waals surface area (Å²) in [5, 5.41) is 0. The highest BCUT2D eigenvalue weighted by atomic mass is 79.9. The highest BCUT2D eigenvalue weighted by Gasteiger charge is 2.20. The minimum atomic E-state index is -0.302. The van der Waals surface area contributed by atoms with Crippen molar-refractivity contribution < 1.29 is 9.47 Å². The lowest BCUT2D eigenvalue weighted by molar-refractivity contribution is 0.395. The number of benzene rings is 1. The fraction of sp³-hybridized carbons (Fsp3) is 0.231. The smallest absolute Gasteiger partial charge is 0.133 e. The summed E-state index contributed by atoms with van der Waals surface area (Å²) < 4.78 is 13.6. The Balaban J connectivity index is 2.53. The molecule has 0 saturated heterocycles. The quantitative estimate of drug-likeness (QED) is 0.655. The van der Waals surface area contributed by atoms with Gasteiger partial charge in [-0.15, -0.1) is 11.3 Å². The number of ether oxygens (including phenoxy) is 2. The summed E-state index contributed by atoms with van der Waals surface area (Å²) in [5.74, 6) is 1.45. The van der Waals surface area contributed by atoms with Crippen LogP contribution in [0.4, 0.5) is 0 Å². The molecule has 0 aliphatic carbocycles. The molecule has 1 aromatic carbocycles. The van der Waals surface area contributed by atoms with Crippen molar-refractivity contribution in [3.63, 3.8) is 0 Å². The van der Waals surface area contributed by atoms with Gasteiger partial charge in [0.1, 0.15) is 11.5 Å². The van der Waals surface area contributed by atoms with Gasteiger partial charge in [0.2, 0.25) is 0 Å². The first-order chi connectivity index (χ1) is 9.47. The van der Waals surface area contributed by atoms with Crippen LogP contribution in [0.2, 0.25) is 0 Å². The van der Waals surface area contributed by atoms with Crippen molar-refractivity contribution in [1.29, 1.82) is 0 Å². The summed E-state index contributed by atoms with van der Waals surface area (Å²) in [5.41, 5.74) is 8.26. The second-order valence-corrected chi connectivity index (χ2v) is 8.59. The number of methoxy groups -OCH3 is 2. The van der Waals surface area contributed by atoms with Crippen LogP contribution >= 0.6 is 59.1 Å². The number of hydrogen-bond donors (Lipinski definition) is 1. The van der Waals surface area contributed by atoms with Crippen LogP contribution in [0.1, 0.15) is 17.2 Å². The van der Waals surface area contributed by atoms with Crippen molar-refractivity contribution in [3.05, 3.63) is 41.4 Å². The Labute approximate surface area is 146 Å². The van der Waals surface area contributed by atoms with Crippen LogP contribution in [0, 0.1) is 0 Å². The second kappa shape index (κ2) is 6.79. The van der Waals surface area contributed by atoms with Crippen molar-refractivity contribution in [2.45, 2.75) is 6.04 Å². The SMILES string of the molecule is COc1cc(C(N)c2cc(Br)sc2Br)c(OC)cc1Br. The molecule has 1 unspecified atom stereocenters. The van der Waals surface area contributed by atoms with E-state index in [2.05, 4.69) is 47.8 Å². The van der Waals surface area contributed by atoms with E-state index in [1.165, 1.54) is 0 Å². The second-order valence-electron chi connectivity index (χ2n) is 3.99. The van der Waals surface area contributed by atoms with Crippen molar-refractivity contribution in [1.82, 2.24) is 0 Å². The first kappa shape index (κ1) is 16.3. The molecule has 0 aliphatic heterocycles. The van der Waals surface area contributed by atoms with Crippen molar-refractivity contribution in [2.75, 3.05) is 14.2 Å². The summed E-state index contributed by atoms with van der Waals surface area (Å²) in [6.07, 6.45) is 0. The van der Waals surface area contributed by atoms with Gasteiger partial charge in [-0.1, -0.05) is 0 Å². The third kappa shape index (κ3) is 3.22.